The van der Waals surface area contributed by atoms with Crippen LogP contribution in [-0.4, -0.2) is 26.6 Å². The number of hydrogen-bond acceptors (Lipinski definition) is 4. The summed E-state index contributed by atoms with van der Waals surface area (Å²) in [4.78, 5) is 12.8. The van der Waals surface area contributed by atoms with Gasteiger partial charge in [0, 0.05) is 5.69 Å². The summed E-state index contributed by atoms with van der Waals surface area (Å²) in [5.41, 5.74) is 3.66. The lowest BCUT2D eigenvalue weighted by molar-refractivity contribution is 0.260. The van der Waals surface area contributed by atoms with E-state index in [-0.39, 0.29) is 22.6 Å². The number of amides is 2. The zero-order valence-electron chi connectivity index (χ0n) is 16.0. The number of fused-ring (bicyclic) bond motifs is 3. The van der Waals surface area contributed by atoms with E-state index in [2.05, 4.69) is 14.8 Å². The molecule has 2 aliphatic carbocycles. The van der Waals surface area contributed by atoms with Gasteiger partial charge in [-0.05, 0) is 67.7 Å². The lowest BCUT2D eigenvalue weighted by Gasteiger charge is -2.16. The van der Waals surface area contributed by atoms with Crippen LogP contribution in [0.2, 0.25) is 0 Å². The Hall–Kier alpha value is -2.46. The molecule has 0 spiro atoms. The molecule has 2 atom stereocenters. The molecule has 5 rings (SSSR count). The first-order valence-electron chi connectivity index (χ1n) is 9.78. The molecule has 0 saturated heterocycles. The molecule has 1 aliphatic heterocycles. The third kappa shape index (κ3) is 2.84. The summed E-state index contributed by atoms with van der Waals surface area (Å²) in [5.74, 6) is 0.161. The second-order valence-electron chi connectivity index (χ2n) is 7.82. The molecule has 0 saturated carbocycles. The summed E-state index contributed by atoms with van der Waals surface area (Å²) in [6, 6.07) is -0.814. The fourth-order valence-corrected chi connectivity index (χ4v) is 5.59. The molecular weight excluding hydrogens is 397 g/mol. The molecule has 1 aromatic carbocycles. The SMILES string of the molecule is C[C@H]1COc2c([S@@](N)(=O)=NC(=O)Nc3c4c(c(F)c5c3CCC5)CCC4)cnn21. The van der Waals surface area contributed by atoms with Gasteiger partial charge in [-0.1, -0.05) is 0 Å². The monoisotopic (exact) mass is 419 g/mol. The number of halogens is 1. The summed E-state index contributed by atoms with van der Waals surface area (Å²) in [5, 5.41) is 12.8. The Bertz CT molecular complexity index is 1130. The van der Waals surface area contributed by atoms with Crippen molar-refractivity contribution >= 4 is 21.6 Å². The van der Waals surface area contributed by atoms with Crippen LogP contribution in [0, 0.1) is 5.82 Å². The molecule has 1 aromatic heterocycles. The molecule has 3 N–H and O–H groups in total. The first kappa shape index (κ1) is 18.6. The van der Waals surface area contributed by atoms with Gasteiger partial charge in [0.15, 0.2) is 9.92 Å². The minimum absolute atomic E-state index is 0.00725. The van der Waals surface area contributed by atoms with Crippen molar-refractivity contribution < 1.29 is 18.1 Å². The highest BCUT2D eigenvalue weighted by molar-refractivity contribution is 7.91. The van der Waals surface area contributed by atoms with Crippen LogP contribution >= 0.6 is 0 Å². The molecule has 0 bridgehead atoms. The number of anilines is 1. The van der Waals surface area contributed by atoms with E-state index in [0.29, 0.717) is 49.1 Å². The quantitative estimate of drug-likeness (QED) is 0.779. The van der Waals surface area contributed by atoms with Crippen molar-refractivity contribution in [3.05, 3.63) is 34.3 Å². The number of benzene rings is 1. The third-order valence-electron chi connectivity index (χ3n) is 5.93. The molecule has 2 aromatic rings. The maximum absolute atomic E-state index is 14.8. The molecule has 0 radical (unpaired) electrons. The van der Waals surface area contributed by atoms with Gasteiger partial charge in [0.05, 0.1) is 12.2 Å². The average molecular weight is 419 g/mol. The molecule has 3 aliphatic rings. The van der Waals surface area contributed by atoms with E-state index in [4.69, 9.17) is 9.88 Å². The molecule has 0 unspecified atom stereocenters. The first-order chi connectivity index (χ1) is 13.9. The van der Waals surface area contributed by atoms with E-state index in [1.165, 1.54) is 6.20 Å². The fourth-order valence-electron chi connectivity index (χ4n) is 4.60. The number of ether oxygens (including phenoxy) is 1. The van der Waals surface area contributed by atoms with Crippen LogP contribution in [0.3, 0.4) is 0 Å². The van der Waals surface area contributed by atoms with Crippen molar-refractivity contribution in [2.24, 2.45) is 9.50 Å². The van der Waals surface area contributed by atoms with E-state index < -0.39 is 15.9 Å². The minimum atomic E-state index is -3.54. The molecule has 2 amide bonds. The fraction of sp³-hybridized carbons (Fsp3) is 0.474. The van der Waals surface area contributed by atoms with Gasteiger partial charge in [0.1, 0.15) is 17.3 Å². The second kappa shape index (κ2) is 6.53. The smallest absolute Gasteiger partial charge is 0.354 e. The molecule has 29 heavy (non-hydrogen) atoms. The Labute approximate surface area is 167 Å². The van der Waals surface area contributed by atoms with E-state index in [1.807, 2.05) is 6.92 Å². The lowest BCUT2D eigenvalue weighted by atomic mass is 9.98. The van der Waals surface area contributed by atoms with Gasteiger partial charge < -0.3 is 10.1 Å². The normalized spacial score (nSPS) is 21.1. The Kier molecular flexibility index (Phi) is 4.18. The number of carbonyl (C=O) groups is 1. The third-order valence-corrected chi connectivity index (χ3v) is 7.28. The molecular formula is C19H22FN5O3S. The minimum Gasteiger partial charge on any atom is -0.475 e. The molecule has 154 valence electrons. The van der Waals surface area contributed by atoms with Crippen molar-refractivity contribution in [3.8, 4) is 5.88 Å². The topological polar surface area (TPSA) is 112 Å². The van der Waals surface area contributed by atoms with Crippen molar-refractivity contribution in [1.29, 1.82) is 0 Å². The largest absolute Gasteiger partial charge is 0.475 e. The van der Waals surface area contributed by atoms with Crippen molar-refractivity contribution in [2.45, 2.75) is 56.4 Å². The molecule has 8 nitrogen and oxygen atoms in total. The van der Waals surface area contributed by atoms with Crippen LogP contribution in [0.4, 0.5) is 14.9 Å². The lowest BCUT2D eigenvalue weighted by Crippen LogP contribution is -2.19. The summed E-state index contributed by atoms with van der Waals surface area (Å²) < 4.78 is 38.6. The van der Waals surface area contributed by atoms with Crippen LogP contribution in [0.15, 0.2) is 15.5 Å². The van der Waals surface area contributed by atoms with Gasteiger partial charge in [0.25, 0.3) is 0 Å². The van der Waals surface area contributed by atoms with Gasteiger partial charge in [-0.15, -0.1) is 4.36 Å². The predicted octanol–water partition coefficient (Wildman–Crippen LogP) is 2.89. The number of nitrogens with two attached hydrogens (primary N) is 1. The van der Waals surface area contributed by atoms with Gasteiger partial charge >= 0.3 is 6.03 Å². The average Bonchev–Trinajstić information content (AvgIpc) is 3.43. The van der Waals surface area contributed by atoms with E-state index in [0.717, 1.165) is 24.0 Å². The zero-order valence-corrected chi connectivity index (χ0v) is 16.9. The van der Waals surface area contributed by atoms with Gasteiger partial charge in [0.2, 0.25) is 5.88 Å². The number of nitrogens with zero attached hydrogens (tertiary/aromatic N) is 3. The van der Waals surface area contributed by atoms with E-state index in [1.54, 1.807) is 4.68 Å². The highest BCUT2D eigenvalue weighted by Gasteiger charge is 2.31. The molecule has 0 fully saturated rings. The standard InChI is InChI=1S/C19H22FN5O3S/c1-10-9-28-18-15(8-22-25(10)18)29(21,27)24-19(26)23-17-13-6-2-4-11(13)16(20)12-5-3-7-14(12)17/h8,10H,2-7,9H2,1H3,(H3,21,23,24,26,27)/t10-,29-/m0/s1. The van der Waals surface area contributed by atoms with Crippen molar-refractivity contribution in [1.82, 2.24) is 9.78 Å². The van der Waals surface area contributed by atoms with Crippen LogP contribution in [0.1, 0.15) is 48.1 Å². The Balaban J connectivity index is 1.51. The van der Waals surface area contributed by atoms with E-state index >= 15 is 0 Å². The number of nitrogens with one attached hydrogen (secondary N) is 1. The summed E-state index contributed by atoms with van der Waals surface area (Å²) in [6.07, 6.45) is 5.77. The summed E-state index contributed by atoms with van der Waals surface area (Å²) >= 11 is 0. The van der Waals surface area contributed by atoms with Crippen molar-refractivity contribution in [3.63, 3.8) is 0 Å². The predicted molar refractivity (Wildman–Crippen MR) is 105 cm³/mol. The molecule has 2 heterocycles. The first-order valence-corrected chi connectivity index (χ1v) is 11.4. The Morgan fingerprint density at radius 1 is 1.28 bits per heavy atom. The number of aromatic nitrogens is 2. The second-order valence-corrected chi connectivity index (χ2v) is 9.58. The van der Waals surface area contributed by atoms with Gasteiger partial charge in [-0.25, -0.2) is 23.2 Å². The molecule has 10 heteroatoms. The Morgan fingerprint density at radius 2 is 1.90 bits per heavy atom. The number of carbonyl (C=O) groups excluding carboxylic acids is 1. The zero-order chi connectivity index (χ0) is 20.3. The Morgan fingerprint density at radius 3 is 2.55 bits per heavy atom. The van der Waals surface area contributed by atoms with Gasteiger partial charge in [-0.3, -0.25) is 0 Å². The number of rotatable bonds is 2. The number of urea groups is 1. The van der Waals surface area contributed by atoms with E-state index in [9.17, 15) is 13.4 Å². The highest BCUT2D eigenvalue weighted by Crippen LogP contribution is 2.41. The maximum atomic E-state index is 14.8. The van der Waals surface area contributed by atoms with Crippen LogP contribution in [0.5, 0.6) is 5.88 Å². The highest BCUT2D eigenvalue weighted by atomic mass is 32.2. The number of hydrogen-bond donors (Lipinski definition) is 2. The van der Waals surface area contributed by atoms with Crippen LogP contribution < -0.4 is 15.2 Å². The van der Waals surface area contributed by atoms with Crippen LogP contribution in [-0.2, 0) is 35.6 Å². The van der Waals surface area contributed by atoms with Crippen LogP contribution in [0.25, 0.3) is 0 Å². The maximum Gasteiger partial charge on any atom is 0.354 e. The summed E-state index contributed by atoms with van der Waals surface area (Å²) in [7, 11) is -3.54. The van der Waals surface area contributed by atoms with Crippen molar-refractivity contribution in [2.75, 3.05) is 11.9 Å². The van der Waals surface area contributed by atoms with Gasteiger partial charge in [-0.2, -0.15) is 5.10 Å². The summed E-state index contributed by atoms with van der Waals surface area (Å²) in [6.45, 7) is 2.30.